The van der Waals surface area contributed by atoms with E-state index in [1.54, 1.807) is 22.8 Å². The fourth-order valence-corrected chi connectivity index (χ4v) is 3.11. The number of nitrogens with zero attached hydrogens (tertiary/aromatic N) is 2. The Morgan fingerprint density at radius 1 is 1.22 bits per heavy atom. The standard InChI is InChI=1S/C19H17N3O/c1-12-4-2-3-5-13(12)10-14-8-9-22-18(14)21-17-11-15(20)6-7-16(17)19(22)23/h2-7,10-11H,8-9,20H2,1H3. The number of anilines is 1. The van der Waals surface area contributed by atoms with Crippen molar-refractivity contribution in [3.8, 4) is 0 Å². The van der Waals surface area contributed by atoms with Crippen molar-refractivity contribution in [2.45, 2.75) is 19.9 Å². The molecule has 0 unspecified atom stereocenters. The summed E-state index contributed by atoms with van der Waals surface area (Å²) in [5.74, 6) is 0.761. The number of hydrogen-bond donors (Lipinski definition) is 1. The van der Waals surface area contributed by atoms with Gasteiger partial charge in [0.15, 0.2) is 0 Å². The van der Waals surface area contributed by atoms with E-state index < -0.39 is 0 Å². The number of fused-ring (bicyclic) bond motifs is 2. The Morgan fingerprint density at radius 2 is 2.04 bits per heavy atom. The maximum atomic E-state index is 12.7. The molecule has 4 heteroatoms. The molecule has 0 amide bonds. The van der Waals surface area contributed by atoms with Crippen LogP contribution in [-0.2, 0) is 6.54 Å². The van der Waals surface area contributed by atoms with Gasteiger partial charge in [-0.25, -0.2) is 4.98 Å². The third-order valence-corrected chi connectivity index (χ3v) is 4.39. The predicted octanol–water partition coefficient (Wildman–Crippen LogP) is 3.23. The van der Waals surface area contributed by atoms with E-state index >= 15 is 0 Å². The van der Waals surface area contributed by atoms with Gasteiger partial charge >= 0.3 is 0 Å². The van der Waals surface area contributed by atoms with E-state index in [4.69, 9.17) is 10.7 Å². The summed E-state index contributed by atoms with van der Waals surface area (Å²) in [6, 6.07) is 13.5. The van der Waals surface area contributed by atoms with Crippen molar-refractivity contribution in [3.05, 3.63) is 69.8 Å². The Hall–Kier alpha value is -2.88. The molecule has 3 aromatic rings. The van der Waals surface area contributed by atoms with Crippen molar-refractivity contribution < 1.29 is 0 Å². The lowest BCUT2D eigenvalue weighted by Crippen LogP contribution is -2.20. The predicted molar refractivity (Wildman–Crippen MR) is 94.1 cm³/mol. The van der Waals surface area contributed by atoms with Crippen LogP contribution in [0.25, 0.3) is 22.6 Å². The minimum atomic E-state index is 0.0122. The zero-order valence-corrected chi connectivity index (χ0v) is 12.9. The number of nitrogens with two attached hydrogens (primary N) is 1. The van der Waals surface area contributed by atoms with Crippen LogP contribution in [0.3, 0.4) is 0 Å². The number of benzene rings is 2. The summed E-state index contributed by atoms with van der Waals surface area (Å²) < 4.78 is 1.77. The second-order valence-electron chi connectivity index (χ2n) is 5.94. The molecule has 4 nitrogen and oxygen atoms in total. The second kappa shape index (κ2) is 5.09. The van der Waals surface area contributed by atoms with E-state index in [0.717, 1.165) is 23.4 Å². The number of nitrogen functional groups attached to an aromatic ring is 1. The van der Waals surface area contributed by atoms with E-state index in [2.05, 4.69) is 25.1 Å². The van der Waals surface area contributed by atoms with Crippen LogP contribution in [-0.4, -0.2) is 9.55 Å². The number of rotatable bonds is 1. The van der Waals surface area contributed by atoms with Crippen LogP contribution < -0.4 is 11.3 Å². The molecule has 0 spiro atoms. The highest BCUT2D eigenvalue weighted by Crippen LogP contribution is 2.28. The van der Waals surface area contributed by atoms with E-state index in [0.29, 0.717) is 23.1 Å². The molecule has 4 rings (SSSR count). The molecular weight excluding hydrogens is 286 g/mol. The Balaban J connectivity index is 1.93. The summed E-state index contributed by atoms with van der Waals surface area (Å²) in [6.45, 7) is 2.77. The fourth-order valence-electron chi connectivity index (χ4n) is 3.11. The topological polar surface area (TPSA) is 60.9 Å². The van der Waals surface area contributed by atoms with Gasteiger partial charge in [0, 0.05) is 12.2 Å². The number of aromatic nitrogens is 2. The Labute approximate surface area is 133 Å². The molecule has 2 heterocycles. The molecule has 0 aliphatic carbocycles. The van der Waals surface area contributed by atoms with Crippen LogP contribution in [0.4, 0.5) is 5.69 Å². The largest absolute Gasteiger partial charge is 0.399 e. The smallest absolute Gasteiger partial charge is 0.261 e. The van der Waals surface area contributed by atoms with Crippen molar-refractivity contribution >= 4 is 28.2 Å². The number of aryl methyl sites for hydroxylation is 1. The van der Waals surface area contributed by atoms with Crippen molar-refractivity contribution in [2.24, 2.45) is 0 Å². The number of hydrogen-bond acceptors (Lipinski definition) is 3. The van der Waals surface area contributed by atoms with Crippen LogP contribution in [0, 0.1) is 6.92 Å². The van der Waals surface area contributed by atoms with Crippen molar-refractivity contribution in [3.63, 3.8) is 0 Å². The summed E-state index contributed by atoms with van der Waals surface area (Å²) in [7, 11) is 0. The molecule has 2 N–H and O–H groups in total. The maximum absolute atomic E-state index is 12.7. The van der Waals surface area contributed by atoms with Gasteiger partial charge in [-0.15, -0.1) is 0 Å². The van der Waals surface area contributed by atoms with Gasteiger partial charge in [-0.2, -0.15) is 0 Å². The van der Waals surface area contributed by atoms with Crippen molar-refractivity contribution in [1.82, 2.24) is 9.55 Å². The highest BCUT2D eigenvalue weighted by Gasteiger charge is 2.21. The molecule has 0 saturated heterocycles. The van der Waals surface area contributed by atoms with Crippen molar-refractivity contribution in [2.75, 3.05) is 5.73 Å². The minimum absolute atomic E-state index is 0.0122. The summed E-state index contributed by atoms with van der Waals surface area (Å²) in [5.41, 5.74) is 10.6. The molecule has 0 radical (unpaired) electrons. The Bertz CT molecular complexity index is 1010. The van der Waals surface area contributed by atoms with Gasteiger partial charge in [-0.05, 0) is 54.3 Å². The second-order valence-corrected chi connectivity index (χ2v) is 5.94. The van der Waals surface area contributed by atoms with Gasteiger partial charge < -0.3 is 5.73 Å². The molecule has 0 fully saturated rings. The van der Waals surface area contributed by atoms with Gasteiger partial charge in [0.05, 0.1) is 10.9 Å². The third-order valence-electron chi connectivity index (χ3n) is 4.39. The molecule has 0 bridgehead atoms. The fraction of sp³-hybridized carbons (Fsp3) is 0.158. The minimum Gasteiger partial charge on any atom is -0.399 e. The molecular formula is C19H17N3O. The lowest BCUT2D eigenvalue weighted by Gasteiger charge is -2.06. The summed E-state index contributed by atoms with van der Waals surface area (Å²) in [4.78, 5) is 17.4. The first-order valence-electron chi connectivity index (χ1n) is 7.70. The Morgan fingerprint density at radius 3 is 2.87 bits per heavy atom. The Kier molecular flexibility index (Phi) is 3.05. The average Bonchev–Trinajstić information content (AvgIpc) is 2.93. The third kappa shape index (κ3) is 2.23. The van der Waals surface area contributed by atoms with Gasteiger partial charge in [0.1, 0.15) is 5.82 Å². The molecule has 114 valence electrons. The molecule has 1 aromatic heterocycles. The maximum Gasteiger partial charge on any atom is 0.261 e. The first-order chi connectivity index (χ1) is 11.1. The summed E-state index contributed by atoms with van der Waals surface area (Å²) in [5, 5.41) is 0.625. The molecule has 2 aromatic carbocycles. The molecule has 0 atom stereocenters. The highest BCUT2D eigenvalue weighted by atomic mass is 16.1. The summed E-state index contributed by atoms with van der Waals surface area (Å²) in [6.07, 6.45) is 2.96. The zero-order chi connectivity index (χ0) is 16.0. The normalized spacial score (nSPS) is 15.3. The van der Waals surface area contributed by atoms with Crippen LogP contribution >= 0.6 is 0 Å². The van der Waals surface area contributed by atoms with E-state index in [-0.39, 0.29) is 5.56 Å². The van der Waals surface area contributed by atoms with Crippen LogP contribution in [0.2, 0.25) is 0 Å². The lowest BCUT2D eigenvalue weighted by molar-refractivity contribution is 0.725. The van der Waals surface area contributed by atoms with Gasteiger partial charge in [0.2, 0.25) is 0 Å². The molecule has 0 saturated carbocycles. The van der Waals surface area contributed by atoms with E-state index in [1.165, 1.54) is 5.56 Å². The SMILES string of the molecule is Cc1ccccc1C=C1CCn2c1nc1cc(N)ccc1c2=O. The monoisotopic (exact) mass is 303 g/mol. The molecule has 1 aliphatic rings. The first kappa shape index (κ1) is 13.8. The first-order valence-corrected chi connectivity index (χ1v) is 7.70. The summed E-state index contributed by atoms with van der Waals surface area (Å²) >= 11 is 0. The highest BCUT2D eigenvalue weighted by molar-refractivity contribution is 5.86. The van der Waals surface area contributed by atoms with E-state index in [9.17, 15) is 4.79 Å². The zero-order valence-electron chi connectivity index (χ0n) is 12.9. The average molecular weight is 303 g/mol. The van der Waals surface area contributed by atoms with Crippen LogP contribution in [0.5, 0.6) is 0 Å². The van der Waals surface area contributed by atoms with Crippen molar-refractivity contribution in [1.29, 1.82) is 0 Å². The van der Waals surface area contributed by atoms with Gasteiger partial charge in [0.25, 0.3) is 5.56 Å². The molecule has 23 heavy (non-hydrogen) atoms. The van der Waals surface area contributed by atoms with Gasteiger partial charge in [-0.1, -0.05) is 24.3 Å². The molecule has 1 aliphatic heterocycles. The van der Waals surface area contributed by atoms with E-state index in [1.807, 2.05) is 12.1 Å². The number of allylic oxidation sites excluding steroid dienone is 1. The van der Waals surface area contributed by atoms with Crippen LogP contribution in [0.15, 0.2) is 47.3 Å². The van der Waals surface area contributed by atoms with Crippen LogP contribution in [0.1, 0.15) is 23.4 Å². The van der Waals surface area contributed by atoms with Gasteiger partial charge in [-0.3, -0.25) is 9.36 Å². The lowest BCUT2D eigenvalue weighted by atomic mass is 10.0. The quantitative estimate of drug-likeness (QED) is 0.702.